The zero-order valence-electron chi connectivity index (χ0n) is 9.84. The van der Waals surface area contributed by atoms with Crippen LogP contribution in [0.5, 0.6) is 0 Å². The van der Waals surface area contributed by atoms with Gasteiger partial charge in [-0.15, -0.1) is 0 Å². The summed E-state index contributed by atoms with van der Waals surface area (Å²) in [6.07, 6.45) is 0.300. The summed E-state index contributed by atoms with van der Waals surface area (Å²) < 4.78 is 13.0. The fraction of sp³-hybridized carbons (Fsp3) is 0.333. The second-order valence-electron chi connectivity index (χ2n) is 3.65. The Labute approximate surface area is 99.2 Å². The van der Waals surface area contributed by atoms with Gasteiger partial charge in [-0.1, -0.05) is 0 Å². The zero-order chi connectivity index (χ0) is 12.8. The van der Waals surface area contributed by atoms with Crippen LogP contribution in [0.2, 0.25) is 0 Å². The van der Waals surface area contributed by atoms with Crippen molar-refractivity contribution in [1.29, 1.82) is 0 Å². The monoisotopic (exact) mass is 238 g/mol. The van der Waals surface area contributed by atoms with Crippen molar-refractivity contribution in [2.24, 2.45) is 0 Å². The van der Waals surface area contributed by atoms with Gasteiger partial charge in [0, 0.05) is 25.5 Å². The van der Waals surface area contributed by atoms with Gasteiger partial charge in [-0.2, -0.15) is 0 Å². The summed E-state index contributed by atoms with van der Waals surface area (Å²) in [5.74, 6) is -0.958. The molecule has 0 bridgehead atoms. The van der Waals surface area contributed by atoms with Gasteiger partial charge in [-0.3, -0.25) is 9.59 Å². The normalized spacial score (nSPS) is 10.1. The minimum Gasteiger partial charge on any atom is -0.326 e. The van der Waals surface area contributed by atoms with E-state index >= 15 is 0 Å². The first-order valence-corrected chi connectivity index (χ1v) is 5.29. The number of carbonyl (C=O) groups excluding carboxylic acids is 2. The molecule has 1 amide bonds. The number of nitrogens with one attached hydrogen (secondary N) is 2. The molecule has 92 valence electrons. The Morgan fingerprint density at radius 1 is 1.35 bits per heavy atom. The molecule has 0 unspecified atom stereocenters. The van der Waals surface area contributed by atoms with Gasteiger partial charge in [0.2, 0.25) is 5.91 Å². The first-order valence-electron chi connectivity index (χ1n) is 5.29. The minimum absolute atomic E-state index is 0.136. The molecule has 0 aliphatic rings. The predicted molar refractivity (Wildman–Crippen MR) is 63.6 cm³/mol. The number of rotatable bonds is 5. The van der Waals surface area contributed by atoms with Gasteiger partial charge in [-0.25, -0.2) is 4.39 Å². The van der Waals surface area contributed by atoms with Gasteiger partial charge in [0.1, 0.15) is 5.82 Å². The Morgan fingerprint density at radius 2 is 2.06 bits per heavy atom. The van der Waals surface area contributed by atoms with E-state index in [2.05, 4.69) is 10.6 Å². The Balaban J connectivity index is 2.96. The molecule has 0 radical (unpaired) electrons. The summed E-state index contributed by atoms with van der Waals surface area (Å²) >= 11 is 0. The third-order valence-corrected chi connectivity index (χ3v) is 2.19. The predicted octanol–water partition coefficient (Wildman–Crippen LogP) is 1.58. The van der Waals surface area contributed by atoms with Crippen LogP contribution in [0.4, 0.5) is 10.1 Å². The Hall–Kier alpha value is -1.75. The van der Waals surface area contributed by atoms with Crippen molar-refractivity contribution in [3.63, 3.8) is 0 Å². The van der Waals surface area contributed by atoms with E-state index in [0.717, 1.165) is 6.07 Å². The summed E-state index contributed by atoms with van der Waals surface area (Å²) in [7, 11) is 1.74. The molecule has 0 aliphatic carbocycles. The molecule has 0 fully saturated rings. The Kier molecular flexibility index (Phi) is 4.78. The summed E-state index contributed by atoms with van der Waals surface area (Å²) in [6, 6.07) is 3.74. The standard InChI is InChI=1S/C12H15FN2O2/c1-8(16)15-11-7-9(13)3-4-10(11)12(17)5-6-14-2/h3-4,7,14H,5-6H2,1-2H3,(H,15,16). The van der Waals surface area contributed by atoms with Crippen LogP contribution in [0.1, 0.15) is 23.7 Å². The van der Waals surface area contributed by atoms with Crippen molar-refractivity contribution in [2.45, 2.75) is 13.3 Å². The molecule has 0 aromatic heterocycles. The second-order valence-corrected chi connectivity index (χ2v) is 3.65. The number of anilines is 1. The summed E-state index contributed by atoms with van der Waals surface area (Å²) in [4.78, 5) is 22.8. The quantitative estimate of drug-likeness (QED) is 0.766. The van der Waals surface area contributed by atoms with Crippen LogP contribution in [0, 0.1) is 5.82 Å². The van der Waals surface area contributed by atoms with E-state index in [1.807, 2.05) is 0 Å². The molecule has 5 heteroatoms. The highest BCUT2D eigenvalue weighted by Crippen LogP contribution is 2.18. The molecule has 0 heterocycles. The Bertz CT molecular complexity index is 433. The maximum absolute atomic E-state index is 13.0. The second kappa shape index (κ2) is 6.10. The third kappa shape index (κ3) is 3.96. The largest absolute Gasteiger partial charge is 0.326 e. The maximum atomic E-state index is 13.0. The highest BCUT2D eigenvalue weighted by Gasteiger charge is 2.12. The van der Waals surface area contributed by atoms with Crippen molar-refractivity contribution < 1.29 is 14.0 Å². The average Bonchev–Trinajstić information content (AvgIpc) is 2.25. The van der Waals surface area contributed by atoms with Crippen LogP contribution in [-0.4, -0.2) is 25.3 Å². The number of Topliss-reactive ketones (excluding diaryl/α,β-unsaturated/α-hetero) is 1. The minimum atomic E-state index is -0.487. The third-order valence-electron chi connectivity index (χ3n) is 2.19. The average molecular weight is 238 g/mol. The van der Waals surface area contributed by atoms with Crippen molar-refractivity contribution in [3.05, 3.63) is 29.6 Å². The molecular weight excluding hydrogens is 223 g/mol. The fourth-order valence-electron chi connectivity index (χ4n) is 1.43. The maximum Gasteiger partial charge on any atom is 0.221 e. The smallest absolute Gasteiger partial charge is 0.221 e. The summed E-state index contributed by atoms with van der Waals surface area (Å²) in [5, 5.41) is 5.31. The van der Waals surface area contributed by atoms with Crippen molar-refractivity contribution in [2.75, 3.05) is 18.9 Å². The lowest BCUT2D eigenvalue weighted by Crippen LogP contribution is -2.16. The topological polar surface area (TPSA) is 58.2 Å². The number of hydrogen-bond acceptors (Lipinski definition) is 3. The molecule has 1 aromatic rings. The number of halogens is 1. The van der Waals surface area contributed by atoms with Gasteiger partial charge in [0.05, 0.1) is 5.69 Å². The van der Waals surface area contributed by atoms with E-state index in [1.165, 1.54) is 19.1 Å². The first-order chi connectivity index (χ1) is 8.04. The molecule has 1 rings (SSSR count). The fourth-order valence-corrected chi connectivity index (χ4v) is 1.43. The van der Waals surface area contributed by atoms with Crippen molar-refractivity contribution >= 4 is 17.4 Å². The Morgan fingerprint density at radius 3 is 2.65 bits per heavy atom. The molecule has 2 N–H and O–H groups in total. The molecule has 17 heavy (non-hydrogen) atoms. The van der Waals surface area contributed by atoms with E-state index in [1.54, 1.807) is 7.05 Å². The number of carbonyl (C=O) groups is 2. The number of ketones is 1. The lowest BCUT2D eigenvalue weighted by molar-refractivity contribution is -0.114. The first kappa shape index (κ1) is 13.3. The van der Waals surface area contributed by atoms with E-state index in [0.29, 0.717) is 18.5 Å². The molecule has 0 saturated heterocycles. The molecule has 0 saturated carbocycles. The summed E-state index contributed by atoms with van der Waals surface area (Å²) in [6.45, 7) is 1.85. The SMILES string of the molecule is CNCCC(=O)c1ccc(F)cc1NC(C)=O. The van der Waals surface area contributed by atoms with Crippen LogP contribution >= 0.6 is 0 Å². The van der Waals surface area contributed by atoms with E-state index in [-0.39, 0.29) is 17.4 Å². The number of benzene rings is 1. The molecule has 0 aliphatic heterocycles. The highest BCUT2D eigenvalue weighted by atomic mass is 19.1. The van der Waals surface area contributed by atoms with Crippen LogP contribution in [0.3, 0.4) is 0 Å². The number of amides is 1. The van der Waals surface area contributed by atoms with Crippen molar-refractivity contribution in [1.82, 2.24) is 5.32 Å². The van der Waals surface area contributed by atoms with Gasteiger partial charge in [0.15, 0.2) is 5.78 Å². The van der Waals surface area contributed by atoms with E-state index < -0.39 is 5.82 Å². The van der Waals surface area contributed by atoms with E-state index in [9.17, 15) is 14.0 Å². The number of hydrogen-bond donors (Lipinski definition) is 2. The molecule has 0 atom stereocenters. The summed E-state index contributed by atoms with van der Waals surface area (Å²) in [5.41, 5.74) is 0.551. The van der Waals surface area contributed by atoms with Crippen molar-refractivity contribution in [3.8, 4) is 0 Å². The van der Waals surface area contributed by atoms with Crippen LogP contribution in [0.25, 0.3) is 0 Å². The van der Waals surface area contributed by atoms with Crippen LogP contribution in [0.15, 0.2) is 18.2 Å². The molecule has 1 aromatic carbocycles. The molecular formula is C12H15FN2O2. The van der Waals surface area contributed by atoms with E-state index in [4.69, 9.17) is 0 Å². The zero-order valence-corrected chi connectivity index (χ0v) is 9.84. The van der Waals surface area contributed by atoms with Gasteiger partial charge >= 0.3 is 0 Å². The molecule has 4 nitrogen and oxygen atoms in total. The lowest BCUT2D eigenvalue weighted by atomic mass is 10.1. The van der Waals surface area contributed by atoms with Crippen LogP contribution in [-0.2, 0) is 4.79 Å². The van der Waals surface area contributed by atoms with Gasteiger partial charge in [0.25, 0.3) is 0 Å². The highest BCUT2D eigenvalue weighted by molar-refractivity contribution is 6.04. The van der Waals surface area contributed by atoms with Gasteiger partial charge < -0.3 is 10.6 Å². The van der Waals surface area contributed by atoms with Gasteiger partial charge in [-0.05, 0) is 25.2 Å². The van der Waals surface area contributed by atoms with Crippen LogP contribution < -0.4 is 10.6 Å². The lowest BCUT2D eigenvalue weighted by Gasteiger charge is -2.09. The molecule has 0 spiro atoms.